The Balaban J connectivity index is 1.83. The average Bonchev–Trinajstić information content (AvgIpc) is 2.85. The first-order valence-electron chi connectivity index (χ1n) is 5.73. The summed E-state index contributed by atoms with van der Waals surface area (Å²) < 4.78 is 0. The predicted octanol–water partition coefficient (Wildman–Crippen LogP) is 3.83. The molecule has 2 aromatic heterocycles. The SMILES string of the molecule is Clc1cc(NCc2cccc3[nH]ccc23)ccn1. The lowest BCUT2D eigenvalue weighted by atomic mass is 10.1. The maximum Gasteiger partial charge on any atom is 0.131 e. The minimum absolute atomic E-state index is 0.500. The van der Waals surface area contributed by atoms with Crippen LogP contribution in [0.15, 0.2) is 48.8 Å². The van der Waals surface area contributed by atoms with Crippen molar-refractivity contribution in [3.8, 4) is 0 Å². The van der Waals surface area contributed by atoms with E-state index in [2.05, 4.69) is 39.6 Å². The molecule has 18 heavy (non-hydrogen) atoms. The minimum atomic E-state index is 0.500. The topological polar surface area (TPSA) is 40.7 Å². The molecular weight excluding hydrogens is 246 g/mol. The van der Waals surface area contributed by atoms with E-state index >= 15 is 0 Å². The van der Waals surface area contributed by atoms with E-state index in [4.69, 9.17) is 11.6 Å². The van der Waals surface area contributed by atoms with E-state index in [1.807, 2.05) is 18.3 Å². The number of pyridine rings is 1. The first-order chi connectivity index (χ1) is 8.83. The highest BCUT2D eigenvalue weighted by molar-refractivity contribution is 6.29. The summed E-state index contributed by atoms with van der Waals surface area (Å²) in [5.41, 5.74) is 3.38. The molecule has 0 aliphatic carbocycles. The molecule has 0 radical (unpaired) electrons. The van der Waals surface area contributed by atoms with Crippen molar-refractivity contribution in [2.75, 3.05) is 5.32 Å². The van der Waals surface area contributed by atoms with Gasteiger partial charge in [0, 0.05) is 35.5 Å². The summed E-state index contributed by atoms with van der Waals surface area (Å²) in [6.45, 7) is 0.759. The molecular formula is C14H12ClN3. The minimum Gasteiger partial charge on any atom is -0.381 e. The summed E-state index contributed by atoms with van der Waals surface area (Å²) in [4.78, 5) is 7.17. The van der Waals surface area contributed by atoms with E-state index in [0.717, 1.165) is 17.7 Å². The molecule has 0 saturated carbocycles. The van der Waals surface area contributed by atoms with Gasteiger partial charge in [-0.1, -0.05) is 23.7 Å². The maximum absolute atomic E-state index is 5.85. The Hall–Kier alpha value is -2.00. The van der Waals surface area contributed by atoms with Crippen molar-refractivity contribution < 1.29 is 0 Å². The zero-order valence-corrected chi connectivity index (χ0v) is 10.4. The van der Waals surface area contributed by atoms with Gasteiger partial charge in [-0.3, -0.25) is 0 Å². The van der Waals surface area contributed by atoms with Crippen molar-refractivity contribution in [1.82, 2.24) is 9.97 Å². The maximum atomic E-state index is 5.85. The van der Waals surface area contributed by atoms with Crippen LogP contribution < -0.4 is 5.32 Å². The van der Waals surface area contributed by atoms with Crippen molar-refractivity contribution in [2.24, 2.45) is 0 Å². The molecule has 3 aromatic rings. The standard InChI is InChI=1S/C14H12ClN3/c15-14-8-11(4-6-17-14)18-9-10-2-1-3-13-12(10)5-7-16-13/h1-8,16H,9H2,(H,17,18). The Kier molecular flexibility index (Phi) is 2.90. The number of aromatic amines is 1. The highest BCUT2D eigenvalue weighted by Crippen LogP contribution is 2.19. The fourth-order valence-electron chi connectivity index (χ4n) is 2.01. The molecule has 3 rings (SSSR count). The summed E-state index contributed by atoms with van der Waals surface area (Å²) in [6.07, 6.45) is 3.65. The predicted molar refractivity (Wildman–Crippen MR) is 74.9 cm³/mol. The van der Waals surface area contributed by atoms with E-state index in [9.17, 15) is 0 Å². The number of rotatable bonds is 3. The third-order valence-electron chi connectivity index (χ3n) is 2.89. The van der Waals surface area contributed by atoms with Crippen LogP contribution in [-0.4, -0.2) is 9.97 Å². The van der Waals surface area contributed by atoms with Gasteiger partial charge in [0.1, 0.15) is 5.15 Å². The summed E-state index contributed by atoms with van der Waals surface area (Å²) in [6, 6.07) is 12.1. The van der Waals surface area contributed by atoms with Gasteiger partial charge in [-0.2, -0.15) is 0 Å². The number of aromatic nitrogens is 2. The lowest BCUT2D eigenvalue weighted by Gasteiger charge is -2.07. The Morgan fingerprint density at radius 2 is 2.17 bits per heavy atom. The van der Waals surface area contributed by atoms with Crippen LogP contribution in [0.5, 0.6) is 0 Å². The van der Waals surface area contributed by atoms with Crippen LogP contribution in [-0.2, 0) is 6.54 Å². The molecule has 4 heteroatoms. The van der Waals surface area contributed by atoms with Gasteiger partial charge in [0.25, 0.3) is 0 Å². The molecule has 2 N–H and O–H groups in total. The third-order valence-corrected chi connectivity index (χ3v) is 3.10. The fourth-order valence-corrected chi connectivity index (χ4v) is 2.19. The molecule has 0 saturated heterocycles. The number of nitrogens with one attached hydrogen (secondary N) is 2. The Morgan fingerprint density at radius 3 is 3.06 bits per heavy atom. The van der Waals surface area contributed by atoms with E-state index in [0.29, 0.717) is 5.15 Å². The van der Waals surface area contributed by atoms with Crippen LogP contribution in [0.1, 0.15) is 5.56 Å². The quantitative estimate of drug-likeness (QED) is 0.700. The first-order valence-corrected chi connectivity index (χ1v) is 6.11. The second-order valence-electron chi connectivity index (χ2n) is 4.08. The molecule has 0 aliphatic heterocycles. The molecule has 2 heterocycles. The lowest BCUT2D eigenvalue weighted by Crippen LogP contribution is -1.99. The molecule has 0 unspecified atom stereocenters. The smallest absolute Gasteiger partial charge is 0.131 e. The van der Waals surface area contributed by atoms with E-state index in [-0.39, 0.29) is 0 Å². The van der Waals surface area contributed by atoms with Gasteiger partial charge in [0.15, 0.2) is 0 Å². The van der Waals surface area contributed by atoms with Gasteiger partial charge >= 0.3 is 0 Å². The second kappa shape index (κ2) is 4.70. The molecule has 0 spiro atoms. The molecule has 90 valence electrons. The molecule has 1 aromatic carbocycles. The van der Waals surface area contributed by atoms with E-state index < -0.39 is 0 Å². The number of nitrogens with zero attached hydrogens (tertiary/aromatic N) is 1. The summed E-state index contributed by atoms with van der Waals surface area (Å²) in [5.74, 6) is 0. The number of hydrogen-bond acceptors (Lipinski definition) is 2. The molecule has 0 amide bonds. The fraction of sp³-hybridized carbons (Fsp3) is 0.0714. The van der Waals surface area contributed by atoms with Crippen LogP contribution in [0.2, 0.25) is 5.15 Å². The highest BCUT2D eigenvalue weighted by Gasteiger charge is 2.01. The Bertz CT molecular complexity index is 675. The molecule has 0 fully saturated rings. The third kappa shape index (κ3) is 2.17. The summed E-state index contributed by atoms with van der Waals surface area (Å²) in [5, 5.41) is 5.09. The number of fused-ring (bicyclic) bond motifs is 1. The van der Waals surface area contributed by atoms with Crippen molar-refractivity contribution >= 4 is 28.2 Å². The van der Waals surface area contributed by atoms with Gasteiger partial charge in [0.05, 0.1) is 0 Å². The van der Waals surface area contributed by atoms with Gasteiger partial charge in [-0.05, 0) is 29.8 Å². The van der Waals surface area contributed by atoms with Gasteiger partial charge in [-0.15, -0.1) is 0 Å². The molecule has 0 atom stereocenters. The van der Waals surface area contributed by atoms with Crippen LogP contribution in [0.3, 0.4) is 0 Å². The normalized spacial score (nSPS) is 10.7. The highest BCUT2D eigenvalue weighted by atomic mass is 35.5. The Morgan fingerprint density at radius 1 is 1.22 bits per heavy atom. The van der Waals surface area contributed by atoms with Crippen LogP contribution in [0.25, 0.3) is 10.9 Å². The summed E-state index contributed by atoms with van der Waals surface area (Å²) in [7, 11) is 0. The molecule has 0 aliphatic rings. The zero-order valence-electron chi connectivity index (χ0n) is 9.65. The number of halogens is 1. The average molecular weight is 258 g/mol. The van der Waals surface area contributed by atoms with Crippen LogP contribution in [0, 0.1) is 0 Å². The zero-order chi connectivity index (χ0) is 12.4. The number of anilines is 1. The number of hydrogen-bond donors (Lipinski definition) is 2. The molecule has 0 bridgehead atoms. The van der Waals surface area contributed by atoms with E-state index in [1.54, 1.807) is 6.20 Å². The van der Waals surface area contributed by atoms with Crippen molar-refractivity contribution in [1.29, 1.82) is 0 Å². The first kappa shape index (κ1) is 11.1. The lowest BCUT2D eigenvalue weighted by molar-refractivity contribution is 1.16. The number of benzene rings is 1. The van der Waals surface area contributed by atoms with Gasteiger partial charge < -0.3 is 10.3 Å². The van der Waals surface area contributed by atoms with Crippen molar-refractivity contribution in [3.63, 3.8) is 0 Å². The van der Waals surface area contributed by atoms with Crippen molar-refractivity contribution in [2.45, 2.75) is 6.54 Å². The van der Waals surface area contributed by atoms with Gasteiger partial charge in [-0.25, -0.2) is 4.98 Å². The van der Waals surface area contributed by atoms with Crippen molar-refractivity contribution in [3.05, 3.63) is 59.5 Å². The Labute approximate surface area is 110 Å². The van der Waals surface area contributed by atoms with Crippen LogP contribution in [0.4, 0.5) is 5.69 Å². The van der Waals surface area contributed by atoms with Crippen LogP contribution >= 0.6 is 11.6 Å². The second-order valence-corrected chi connectivity index (χ2v) is 4.46. The molecule has 3 nitrogen and oxygen atoms in total. The van der Waals surface area contributed by atoms with E-state index in [1.165, 1.54) is 10.9 Å². The summed E-state index contributed by atoms with van der Waals surface area (Å²) >= 11 is 5.85. The monoisotopic (exact) mass is 257 g/mol. The number of H-pyrrole nitrogens is 1. The largest absolute Gasteiger partial charge is 0.381 e. The van der Waals surface area contributed by atoms with Gasteiger partial charge in [0.2, 0.25) is 0 Å².